The van der Waals surface area contributed by atoms with Crippen LogP contribution in [0.5, 0.6) is 5.75 Å². The van der Waals surface area contributed by atoms with Crippen molar-refractivity contribution < 1.29 is 42.9 Å². The summed E-state index contributed by atoms with van der Waals surface area (Å²) in [5.74, 6) is 1.80. The fraction of sp³-hybridized carbons (Fsp3) is 0.478. The van der Waals surface area contributed by atoms with E-state index in [0.29, 0.717) is 44.4 Å². The molecule has 0 aliphatic carbocycles. The van der Waals surface area contributed by atoms with E-state index >= 15 is 0 Å². The van der Waals surface area contributed by atoms with Crippen LogP contribution in [0, 0.1) is 17.8 Å². The second-order valence-corrected chi connectivity index (χ2v) is 17.3. The first kappa shape index (κ1) is 43.4. The molecular weight excluding hydrogens is 809 g/mol. The predicted octanol–water partition coefficient (Wildman–Crippen LogP) is 6.25. The number of alkyl carbamates (subject to hydrolysis) is 2. The van der Waals surface area contributed by atoms with Gasteiger partial charge < -0.3 is 54.1 Å². The Bertz CT molecular complexity index is 2540. The van der Waals surface area contributed by atoms with Crippen molar-refractivity contribution in [3.05, 3.63) is 65.9 Å². The van der Waals surface area contributed by atoms with E-state index in [1.807, 2.05) is 30.9 Å². The summed E-state index contributed by atoms with van der Waals surface area (Å²) in [4.78, 5) is 72.8. The third-order valence-electron chi connectivity index (χ3n) is 12.7. The van der Waals surface area contributed by atoms with Crippen molar-refractivity contribution in [1.29, 1.82) is 0 Å². The Hall–Kier alpha value is -6.20. The molecule has 17 nitrogen and oxygen atoms in total. The average molecular weight is 865 g/mol. The summed E-state index contributed by atoms with van der Waals surface area (Å²) in [6, 6.07) is 12.2. The summed E-state index contributed by atoms with van der Waals surface area (Å²) in [5.41, 5.74) is 6.42. The number of H-pyrrole nitrogens is 2. The van der Waals surface area contributed by atoms with Crippen molar-refractivity contribution in [2.24, 2.45) is 17.8 Å². The third-order valence-corrected chi connectivity index (χ3v) is 12.7. The Morgan fingerprint density at radius 2 is 1.56 bits per heavy atom. The van der Waals surface area contributed by atoms with E-state index in [0.717, 1.165) is 61.9 Å². The summed E-state index contributed by atoms with van der Waals surface area (Å²) in [5, 5.41) is 7.27. The zero-order valence-electron chi connectivity index (χ0n) is 36.9. The molecular formula is C46H56N8O9. The van der Waals surface area contributed by atoms with Crippen molar-refractivity contribution in [2.75, 3.05) is 48.1 Å². The van der Waals surface area contributed by atoms with Crippen molar-refractivity contribution in [2.45, 2.75) is 77.4 Å². The molecule has 4 amide bonds. The van der Waals surface area contributed by atoms with Crippen LogP contribution in [-0.2, 0) is 35.1 Å². The van der Waals surface area contributed by atoms with Crippen molar-refractivity contribution in [3.8, 4) is 28.1 Å². The molecule has 0 saturated carbocycles. The summed E-state index contributed by atoms with van der Waals surface area (Å²) >= 11 is 0. The number of imidazole rings is 2. The van der Waals surface area contributed by atoms with Gasteiger partial charge in [0.15, 0.2) is 0 Å². The molecule has 5 heterocycles. The molecule has 3 aliphatic heterocycles. The largest absolute Gasteiger partial charge is 0.488 e. The Morgan fingerprint density at radius 1 is 0.841 bits per heavy atom. The van der Waals surface area contributed by atoms with Crippen LogP contribution in [0.2, 0.25) is 0 Å². The maximum atomic E-state index is 14.1. The lowest BCUT2D eigenvalue weighted by atomic mass is 9.92. The van der Waals surface area contributed by atoms with Gasteiger partial charge in [0, 0.05) is 44.2 Å². The Morgan fingerprint density at radius 3 is 2.27 bits per heavy atom. The normalized spacial score (nSPS) is 20.8. The Balaban J connectivity index is 1.05. The molecule has 0 radical (unpaired) electrons. The first-order valence-corrected chi connectivity index (χ1v) is 21.4. The molecule has 0 bridgehead atoms. The zero-order valence-corrected chi connectivity index (χ0v) is 36.9. The standard InChI is InChI=1S/C46H56N8O9/c1-23(2)38(51-45(57)61-7)43(55)53-19-24(3)13-35(53)41-47-18-34(49-41)28-9-11-30-29(15-28)22-63-37-17-31-27(16-32(30)37)10-12-33-40(31)50-42(48-33)36-14-26(21-59-5)20-54(36)44(56)39(25(4)60-6)52-46(58)62-8/h9-12,15-18,23-26,35-36,38-39H,13-14,19-22H2,1-8H3,(H,47,49)(H,48,50)(H,51,57)(H,52,58)/t24-,25+,26-,35?,36-,38-,39?/m0/s1. The van der Waals surface area contributed by atoms with E-state index in [4.69, 9.17) is 33.7 Å². The summed E-state index contributed by atoms with van der Waals surface area (Å²) in [7, 11) is 5.68. The number of aromatic amines is 2. The number of rotatable bonds is 12. The zero-order chi connectivity index (χ0) is 44.7. The molecule has 2 saturated heterocycles. The number of amides is 4. The minimum absolute atomic E-state index is 0.0554. The van der Waals surface area contributed by atoms with Gasteiger partial charge in [-0.1, -0.05) is 39.0 Å². The van der Waals surface area contributed by atoms with Crippen LogP contribution in [-0.4, -0.2) is 120 Å². The highest BCUT2D eigenvalue weighted by atomic mass is 16.5. The van der Waals surface area contributed by atoms with E-state index in [9.17, 15) is 19.2 Å². The molecule has 2 aromatic heterocycles. The van der Waals surface area contributed by atoms with Crippen LogP contribution in [0.15, 0.2) is 48.7 Å². The molecule has 4 N–H and O–H groups in total. The molecule has 5 aromatic rings. The van der Waals surface area contributed by atoms with E-state index in [2.05, 4.69) is 57.9 Å². The number of nitrogens with one attached hydrogen (secondary N) is 4. The number of benzene rings is 3. The number of nitrogens with zero attached hydrogens (tertiary/aromatic N) is 4. The number of carbonyl (C=O) groups excluding carboxylic acids is 4. The summed E-state index contributed by atoms with van der Waals surface area (Å²) in [6.07, 6.45) is 1.20. The first-order valence-electron chi connectivity index (χ1n) is 21.4. The first-order chi connectivity index (χ1) is 30.3. The second-order valence-electron chi connectivity index (χ2n) is 17.3. The minimum atomic E-state index is -0.970. The predicted molar refractivity (Wildman–Crippen MR) is 234 cm³/mol. The number of hydrogen-bond acceptors (Lipinski definition) is 11. The minimum Gasteiger partial charge on any atom is -0.488 e. The quantitative estimate of drug-likeness (QED) is 0.110. The number of likely N-dealkylation sites (tertiary alicyclic amines) is 2. The molecule has 0 spiro atoms. The van der Waals surface area contributed by atoms with Gasteiger partial charge in [0.2, 0.25) is 11.8 Å². The second kappa shape index (κ2) is 17.9. The Labute approximate surface area is 365 Å². The number of aromatic nitrogens is 4. The third kappa shape index (κ3) is 8.38. The number of carbonyl (C=O) groups is 4. The lowest BCUT2D eigenvalue weighted by molar-refractivity contribution is -0.138. The molecule has 8 rings (SSSR count). The van der Waals surface area contributed by atoms with Gasteiger partial charge in [-0.25, -0.2) is 19.6 Å². The highest BCUT2D eigenvalue weighted by Crippen LogP contribution is 2.44. The van der Waals surface area contributed by atoms with Gasteiger partial charge in [0.05, 0.1) is 61.9 Å². The van der Waals surface area contributed by atoms with Crippen molar-refractivity contribution in [3.63, 3.8) is 0 Å². The van der Waals surface area contributed by atoms with E-state index in [-0.39, 0.29) is 35.6 Å². The van der Waals surface area contributed by atoms with Crippen LogP contribution in [0.1, 0.15) is 69.8 Å². The van der Waals surface area contributed by atoms with Gasteiger partial charge in [-0.05, 0) is 77.9 Å². The lowest BCUT2D eigenvalue weighted by Gasteiger charge is -2.30. The summed E-state index contributed by atoms with van der Waals surface area (Å²) < 4.78 is 27.1. The topological polar surface area (TPSA) is 202 Å². The lowest BCUT2D eigenvalue weighted by Crippen LogP contribution is -2.54. The van der Waals surface area contributed by atoms with E-state index in [1.165, 1.54) is 21.3 Å². The average Bonchev–Trinajstić information content (AvgIpc) is 4.11. The smallest absolute Gasteiger partial charge is 0.407 e. The SMILES string of the molecule is COC[C@H]1C[C@@H](c2nc3c(ccc4cc5c(cc43)OCc3cc(-c4cnc(C6C[C@H](C)CN6C(=O)[C@@H](NC(=O)OC)C(C)C)[nH]4)ccc3-5)[nH]2)N(C(=O)C(NC(=O)OC)[C@@H](C)OC)C1. The number of fused-ring (bicyclic) bond motifs is 6. The van der Waals surface area contributed by atoms with Crippen LogP contribution in [0.4, 0.5) is 9.59 Å². The molecule has 7 atom stereocenters. The van der Waals surface area contributed by atoms with Crippen LogP contribution in [0.25, 0.3) is 44.2 Å². The van der Waals surface area contributed by atoms with Gasteiger partial charge in [-0.2, -0.15) is 0 Å². The molecule has 2 unspecified atom stereocenters. The maximum Gasteiger partial charge on any atom is 0.407 e. The van der Waals surface area contributed by atoms with Gasteiger partial charge >= 0.3 is 12.2 Å². The van der Waals surface area contributed by atoms with Gasteiger partial charge in [0.25, 0.3) is 0 Å². The van der Waals surface area contributed by atoms with Gasteiger partial charge in [0.1, 0.15) is 36.1 Å². The fourth-order valence-electron chi connectivity index (χ4n) is 9.37. The highest BCUT2D eigenvalue weighted by molar-refractivity contribution is 6.07. The molecule has 17 heteroatoms. The Kier molecular flexibility index (Phi) is 12.3. The van der Waals surface area contributed by atoms with Crippen molar-refractivity contribution in [1.82, 2.24) is 40.4 Å². The molecule has 3 aromatic carbocycles. The fourth-order valence-corrected chi connectivity index (χ4v) is 9.37. The summed E-state index contributed by atoms with van der Waals surface area (Å²) in [6.45, 7) is 9.45. The molecule has 334 valence electrons. The van der Waals surface area contributed by atoms with Crippen LogP contribution >= 0.6 is 0 Å². The van der Waals surface area contributed by atoms with Crippen molar-refractivity contribution >= 4 is 45.8 Å². The van der Waals surface area contributed by atoms with Gasteiger partial charge in [-0.3, -0.25) is 9.59 Å². The number of ether oxygens (including phenoxy) is 5. The van der Waals surface area contributed by atoms with Crippen LogP contribution < -0.4 is 15.4 Å². The van der Waals surface area contributed by atoms with E-state index < -0.39 is 36.4 Å². The highest BCUT2D eigenvalue weighted by Gasteiger charge is 2.43. The molecule has 3 aliphatic rings. The maximum absolute atomic E-state index is 14.1. The monoisotopic (exact) mass is 864 g/mol. The molecule has 63 heavy (non-hydrogen) atoms. The van der Waals surface area contributed by atoms with Gasteiger partial charge in [-0.15, -0.1) is 0 Å². The number of methoxy groups -OCH3 is 4. The molecule has 2 fully saturated rings. The number of hydrogen-bond donors (Lipinski definition) is 4. The van der Waals surface area contributed by atoms with Crippen LogP contribution in [0.3, 0.4) is 0 Å². The van der Waals surface area contributed by atoms with E-state index in [1.54, 1.807) is 25.1 Å².